The van der Waals surface area contributed by atoms with Gasteiger partial charge < -0.3 is 15.5 Å². The molecule has 2 aliphatic heterocycles. The van der Waals surface area contributed by atoms with Crippen molar-refractivity contribution in [2.24, 2.45) is 0 Å². The maximum atomic E-state index is 11.9. The molecule has 2 fully saturated rings. The van der Waals surface area contributed by atoms with Crippen LogP contribution in [0, 0.1) is 0 Å². The standard InChI is InChI=1S/C12H23N3O/c1-3-13-12(16)15(4-2)11-7-9-5-6-10(8-11)14-9/h9-11,14H,3-8H2,1-2H3,(H,13,16). The molecule has 2 unspecified atom stereocenters. The van der Waals surface area contributed by atoms with Crippen molar-refractivity contribution in [1.29, 1.82) is 0 Å². The van der Waals surface area contributed by atoms with E-state index in [4.69, 9.17) is 0 Å². The van der Waals surface area contributed by atoms with Crippen LogP contribution in [0.5, 0.6) is 0 Å². The van der Waals surface area contributed by atoms with Gasteiger partial charge >= 0.3 is 6.03 Å². The van der Waals surface area contributed by atoms with Gasteiger partial charge in [-0.2, -0.15) is 0 Å². The summed E-state index contributed by atoms with van der Waals surface area (Å²) in [5, 5.41) is 6.52. The number of fused-ring (bicyclic) bond motifs is 2. The van der Waals surface area contributed by atoms with Gasteiger partial charge in [-0.1, -0.05) is 0 Å². The number of nitrogens with one attached hydrogen (secondary N) is 2. The van der Waals surface area contributed by atoms with Gasteiger partial charge in [0.2, 0.25) is 0 Å². The Morgan fingerprint density at radius 3 is 2.44 bits per heavy atom. The molecule has 16 heavy (non-hydrogen) atoms. The highest BCUT2D eigenvalue weighted by Gasteiger charge is 2.36. The first-order chi connectivity index (χ1) is 7.74. The largest absolute Gasteiger partial charge is 0.338 e. The highest BCUT2D eigenvalue weighted by molar-refractivity contribution is 5.74. The SMILES string of the molecule is CCNC(=O)N(CC)C1CC2CCC(C1)N2. The molecule has 4 heteroatoms. The zero-order valence-electron chi connectivity index (χ0n) is 10.3. The molecular weight excluding hydrogens is 202 g/mol. The van der Waals surface area contributed by atoms with E-state index in [1.54, 1.807) is 0 Å². The van der Waals surface area contributed by atoms with Crippen LogP contribution in [0.4, 0.5) is 4.79 Å². The average Bonchev–Trinajstić information content (AvgIpc) is 2.59. The van der Waals surface area contributed by atoms with Gasteiger partial charge in [-0.3, -0.25) is 0 Å². The summed E-state index contributed by atoms with van der Waals surface area (Å²) >= 11 is 0. The molecule has 0 aromatic heterocycles. The second kappa shape index (κ2) is 5.04. The summed E-state index contributed by atoms with van der Waals surface area (Å²) in [6.45, 7) is 5.57. The van der Waals surface area contributed by atoms with Crippen molar-refractivity contribution in [3.05, 3.63) is 0 Å². The number of rotatable bonds is 3. The molecule has 4 nitrogen and oxygen atoms in total. The Morgan fingerprint density at radius 2 is 1.94 bits per heavy atom. The van der Waals surface area contributed by atoms with Crippen LogP contribution in [-0.4, -0.2) is 42.1 Å². The Labute approximate surface area is 97.8 Å². The monoisotopic (exact) mass is 225 g/mol. The zero-order chi connectivity index (χ0) is 11.5. The number of carbonyl (C=O) groups excluding carboxylic acids is 1. The molecule has 0 saturated carbocycles. The van der Waals surface area contributed by atoms with Gasteiger partial charge in [0.05, 0.1) is 0 Å². The fraction of sp³-hybridized carbons (Fsp3) is 0.917. The molecule has 2 amide bonds. The quantitative estimate of drug-likeness (QED) is 0.761. The predicted octanol–water partition coefficient (Wildman–Crippen LogP) is 1.32. The van der Waals surface area contributed by atoms with Crippen LogP contribution >= 0.6 is 0 Å². The first-order valence-electron chi connectivity index (χ1n) is 6.55. The average molecular weight is 225 g/mol. The molecule has 2 heterocycles. The van der Waals surface area contributed by atoms with Crippen LogP contribution < -0.4 is 10.6 Å². The minimum atomic E-state index is 0.108. The van der Waals surface area contributed by atoms with Crippen LogP contribution in [0.25, 0.3) is 0 Å². The number of hydrogen-bond donors (Lipinski definition) is 2. The molecule has 2 bridgehead atoms. The van der Waals surface area contributed by atoms with Gasteiger partial charge in [0.25, 0.3) is 0 Å². The molecule has 2 rings (SSSR count). The second-order valence-corrected chi connectivity index (χ2v) is 4.88. The minimum absolute atomic E-state index is 0.108. The number of nitrogens with zero attached hydrogens (tertiary/aromatic N) is 1. The summed E-state index contributed by atoms with van der Waals surface area (Å²) in [7, 11) is 0. The third kappa shape index (κ3) is 2.32. The minimum Gasteiger partial charge on any atom is -0.338 e. The highest BCUT2D eigenvalue weighted by Crippen LogP contribution is 2.29. The van der Waals surface area contributed by atoms with Crippen molar-refractivity contribution in [2.75, 3.05) is 13.1 Å². The van der Waals surface area contributed by atoms with Gasteiger partial charge in [-0.15, -0.1) is 0 Å². The summed E-state index contributed by atoms with van der Waals surface area (Å²) in [6.07, 6.45) is 4.82. The Morgan fingerprint density at radius 1 is 1.31 bits per heavy atom. The van der Waals surface area contributed by atoms with Gasteiger partial charge in [0.15, 0.2) is 0 Å². The normalized spacial score (nSPS) is 32.5. The summed E-state index contributed by atoms with van der Waals surface area (Å²) in [5.41, 5.74) is 0. The lowest BCUT2D eigenvalue weighted by molar-refractivity contribution is 0.151. The Balaban J connectivity index is 1.96. The van der Waals surface area contributed by atoms with Crippen LogP contribution in [0.2, 0.25) is 0 Å². The van der Waals surface area contributed by atoms with Crippen LogP contribution in [0.1, 0.15) is 39.5 Å². The topological polar surface area (TPSA) is 44.4 Å². The van der Waals surface area contributed by atoms with Crippen LogP contribution in [0.3, 0.4) is 0 Å². The molecule has 0 radical (unpaired) electrons. The molecule has 2 atom stereocenters. The number of urea groups is 1. The van der Waals surface area contributed by atoms with Crippen molar-refractivity contribution >= 4 is 6.03 Å². The van der Waals surface area contributed by atoms with Gasteiger partial charge in [-0.25, -0.2) is 4.79 Å². The molecule has 0 spiro atoms. The number of amides is 2. The van der Waals surface area contributed by atoms with E-state index in [1.807, 2.05) is 11.8 Å². The third-order valence-electron chi connectivity index (χ3n) is 3.82. The molecule has 0 aromatic rings. The maximum absolute atomic E-state index is 11.9. The fourth-order valence-corrected chi connectivity index (χ4v) is 3.10. The maximum Gasteiger partial charge on any atom is 0.317 e. The Hall–Kier alpha value is -0.770. The molecule has 2 aliphatic rings. The third-order valence-corrected chi connectivity index (χ3v) is 3.82. The lowest BCUT2D eigenvalue weighted by Gasteiger charge is -2.37. The van der Waals surface area contributed by atoms with Crippen LogP contribution in [-0.2, 0) is 0 Å². The first-order valence-corrected chi connectivity index (χ1v) is 6.55. The van der Waals surface area contributed by atoms with Crippen molar-refractivity contribution < 1.29 is 4.79 Å². The zero-order valence-corrected chi connectivity index (χ0v) is 10.3. The van der Waals surface area contributed by atoms with Crippen molar-refractivity contribution in [3.8, 4) is 0 Å². The Kier molecular flexibility index (Phi) is 3.69. The molecule has 2 N–H and O–H groups in total. The lowest BCUT2D eigenvalue weighted by Crippen LogP contribution is -2.52. The summed E-state index contributed by atoms with van der Waals surface area (Å²) < 4.78 is 0. The number of hydrogen-bond acceptors (Lipinski definition) is 2. The molecule has 0 aromatic carbocycles. The van der Waals surface area contributed by atoms with E-state index in [0.29, 0.717) is 24.7 Å². The molecular formula is C12H23N3O. The molecule has 92 valence electrons. The van der Waals surface area contributed by atoms with E-state index in [1.165, 1.54) is 12.8 Å². The van der Waals surface area contributed by atoms with Crippen molar-refractivity contribution in [1.82, 2.24) is 15.5 Å². The van der Waals surface area contributed by atoms with Crippen LogP contribution in [0.15, 0.2) is 0 Å². The van der Waals surface area contributed by atoms with E-state index in [0.717, 1.165) is 19.4 Å². The van der Waals surface area contributed by atoms with E-state index < -0.39 is 0 Å². The smallest absolute Gasteiger partial charge is 0.317 e. The highest BCUT2D eigenvalue weighted by atomic mass is 16.2. The van der Waals surface area contributed by atoms with E-state index in [-0.39, 0.29) is 6.03 Å². The van der Waals surface area contributed by atoms with Gasteiger partial charge in [0, 0.05) is 31.2 Å². The van der Waals surface area contributed by atoms with E-state index in [2.05, 4.69) is 17.6 Å². The van der Waals surface area contributed by atoms with E-state index >= 15 is 0 Å². The first kappa shape index (κ1) is 11.7. The van der Waals surface area contributed by atoms with Gasteiger partial charge in [-0.05, 0) is 39.5 Å². The predicted molar refractivity (Wildman–Crippen MR) is 64.4 cm³/mol. The van der Waals surface area contributed by atoms with Crippen molar-refractivity contribution in [2.45, 2.75) is 57.7 Å². The fourth-order valence-electron chi connectivity index (χ4n) is 3.10. The number of carbonyl (C=O) groups is 1. The second-order valence-electron chi connectivity index (χ2n) is 4.88. The number of piperidine rings is 1. The van der Waals surface area contributed by atoms with E-state index in [9.17, 15) is 4.79 Å². The van der Waals surface area contributed by atoms with Gasteiger partial charge in [0.1, 0.15) is 0 Å². The molecule has 0 aliphatic carbocycles. The lowest BCUT2D eigenvalue weighted by atomic mass is 9.98. The summed E-state index contributed by atoms with van der Waals surface area (Å²) in [4.78, 5) is 13.9. The summed E-state index contributed by atoms with van der Waals surface area (Å²) in [5.74, 6) is 0. The Bertz CT molecular complexity index is 245. The molecule has 2 saturated heterocycles. The summed E-state index contributed by atoms with van der Waals surface area (Å²) in [6, 6.07) is 1.84. The van der Waals surface area contributed by atoms with Crippen molar-refractivity contribution in [3.63, 3.8) is 0 Å².